The van der Waals surface area contributed by atoms with Crippen LogP contribution < -0.4 is 25.6 Å². The van der Waals surface area contributed by atoms with E-state index in [1.807, 2.05) is 30.5 Å². The van der Waals surface area contributed by atoms with Crippen molar-refractivity contribution < 1.29 is 19.1 Å². The molecule has 3 saturated heterocycles. The number of ether oxygens (including phenoxy) is 1. The smallest absolute Gasteiger partial charge is 0.234 e. The van der Waals surface area contributed by atoms with Gasteiger partial charge in [0.25, 0.3) is 0 Å². The predicted octanol–water partition coefficient (Wildman–Crippen LogP) is 3.71. The largest absolute Gasteiger partial charge is 0.492 e. The van der Waals surface area contributed by atoms with E-state index in [9.17, 15) is 14.4 Å². The number of carbonyl (C=O) groups excluding carboxylic acids is 3. The zero-order valence-electron chi connectivity index (χ0n) is 33.2. The first-order valence-electron chi connectivity index (χ1n) is 20.4. The van der Waals surface area contributed by atoms with Crippen LogP contribution in [0.5, 0.6) is 5.75 Å². The molecule has 2 unspecified atom stereocenters. The van der Waals surface area contributed by atoms with Gasteiger partial charge in [-0.25, -0.2) is 9.98 Å². The molecular weight excluding hydrogens is 709 g/mol. The molecule has 3 N–H and O–H groups in total. The number of allylic oxidation sites excluding steroid dienone is 1. The normalized spacial score (nSPS) is 23.5. The molecule has 1 aromatic carbocycles. The number of carbonyl (C=O) groups is 3. The van der Waals surface area contributed by atoms with Crippen LogP contribution in [-0.2, 0) is 14.4 Å². The first-order chi connectivity index (χ1) is 27.2. The van der Waals surface area contributed by atoms with Gasteiger partial charge in [0.2, 0.25) is 24.2 Å². The molecule has 1 aromatic heterocycles. The molecule has 2 atom stereocenters. The Balaban J connectivity index is 0.000000905. The maximum Gasteiger partial charge on any atom is 0.234 e. The Kier molecular flexibility index (Phi) is 12.9. The summed E-state index contributed by atoms with van der Waals surface area (Å²) >= 11 is 0. The fourth-order valence-corrected chi connectivity index (χ4v) is 8.77. The second-order valence-corrected chi connectivity index (χ2v) is 15.9. The second-order valence-electron chi connectivity index (χ2n) is 15.9. The third-order valence-corrected chi connectivity index (χ3v) is 11.8. The van der Waals surface area contributed by atoms with Crippen molar-refractivity contribution in [1.29, 1.82) is 0 Å². The van der Waals surface area contributed by atoms with Gasteiger partial charge in [-0.15, -0.1) is 0 Å². The highest BCUT2D eigenvalue weighted by atomic mass is 16.5. The van der Waals surface area contributed by atoms with Crippen LogP contribution in [-0.4, -0.2) is 134 Å². The minimum Gasteiger partial charge on any atom is -0.492 e. The molecule has 8 rings (SSSR count). The molecule has 14 nitrogen and oxygen atoms in total. The Morgan fingerprint density at radius 2 is 1.66 bits per heavy atom. The minimum absolute atomic E-state index is 0.0543. The average Bonchev–Trinajstić information content (AvgIpc) is 3.86. The number of guanidine groups is 1. The summed E-state index contributed by atoms with van der Waals surface area (Å²) in [6, 6.07) is 13.2. The van der Waals surface area contributed by atoms with Crippen molar-refractivity contribution >= 4 is 35.7 Å². The molecule has 0 radical (unpaired) electrons. The maximum atomic E-state index is 12.2. The Bertz CT molecular complexity index is 1760. The van der Waals surface area contributed by atoms with Gasteiger partial charge in [0, 0.05) is 82.8 Å². The Morgan fingerprint density at radius 3 is 2.32 bits per heavy atom. The molecule has 0 spiro atoms. The lowest BCUT2D eigenvalue weighted by Crippen LogP contribution is -2.53. The first kappa shape index (κ1) is 39.3. The van der Waals surface area contributed by atoms with Crippen LogP contribution in [0, 0.1) is 0 Å². The monoisotopic (exact) mass is 766 g/mol. The number of piperazine rings is 1. The van der Waals surface area contributed by atoms with E-state index < -0.39 is 0 Å². The van der Waals surface area contributed by atoms with Gasteiger partial charge in [-0.3, -0.25) is 29.5 Å². The van der Waals surface area contributed by atoms with Gasteiger partial charge in [0.15, 0.2) is 6.17 Å². The number of benzene rings is 1. The quantitative estimate of drug-likeness (QED) is 0.241. The van der Waals surface area contributed by atoms with Gasteiger partial charge in [-0.05, 0) is 88.0 Å². The molecule has 300 valence electrons. The molecule has 1 saturated carbocycles. The molecule has 2 aromatic rings. The summed E-state index contributed by atoms with van der Waals surface area (Å²) in [6.07, 6.45) is 15.6. The minimum atomic E-state index is -0.263. The number of pyridine rings is 1. The molecule has 0 bridgehead atoms. The average molecular weight is 767 g/mol. The summed E-state index contributed by atoms with van der Waals surface area (Å²) in [5.74, 6) is 1.71. The Labute approximate surface area is 331 Å². The van der Waals surface area contributed by atoms with Crippen LogP contribution in [0.15, 0.2) is 71.1 Å². The lowest BCUT2D eigenvalue weighted by molar-refractivity contribution is -0.134. The number of hydrogen-bond acceptors (Lipinski definition) is 12. The van der Waals surface area contributed by atoms with E-state index in [2.05, 4.69) is 66.9 Å². The summed E-state index contributed by atoms with van der Waals surface area (Å²) < 4.78 is 6.04. The molecule has 56 heavy (non-hydrogen) atoms. The number of aliphatic imine (C=N–C) groups is 1. The topological polar surface area (TPSA) is 138 Å². The molecule has 5 aliphatic heterocycles. The van der Waals surface area contributed by atoms with Crippen molar-refractivity contribution in [2.45, 2.75) is 82.5 Å². The van der Waals surface area contributed by atoms with Gasteiger partial charge in [0.1, 0.15) is 18.2 Å². The lowest BCUT2D eigenvalue weighted by atomic mass is 9.90. The summed E-state index contributed by atoms with van der Waals surface area (Å²) in [5.41, 5.74) is 4.65. The number of amides is 3. The van der Waals surface area contributed by atoms with E-state index in [0.717, 1.165) is 75.3 Å². The van der Waals surface area contributed by atoms with Crippen molar-refractivity contribution in [3.8, 4) is 5.75 Å². The van der Waals surface area contributed by atoms with Crippen LogP contribution in [0.4, 0.5) is 11.5 Å². The first-order valence-corrected chi connectivity index (χ1v) is 20.4. The zero-order chi connectivity index (χ0) is 39.0. The molecule has 6 aliphatic rings. The third-order valence-electron chi connectivity index (χ3n) is 11.8. The van der Waals surface area contributed by atoms with Crippen LogP contribution in [0.1, 0.15) is 69.8 Å². The van der Waals surface area contributed by atoms with Crippen LogP contribution >= 0.6 is 0 Å². The molecule has 4 fully saturated rings. The van der Waals surface area contributed by atoms with Gasteiger partial charge in [-0.2, -0.15) is 0 Å². The number of fused-ring (bicyclic) bond motifs is 1. The highest BCUT2D eigenvalue weighted by molar-refractivity contribution is 6.01. The van der Waals surface area contributed by atoms with Crippen molar-refractivity contribution in [3.05, 3.63) is 71.7 Å². The summed E-state index contributed by atoms with van der Waals surface area (Å²) in [4.78, 5) is 54.5. The Morgan fingerprint density at radius 1 is 0.929 bits per heavy atom. The number of rotatable bonds is 10. The summed E-state index contributed by atoms with van der Waals surface area (Å²) in [5, 5.41) is 9.19. The molecule has 1 aliphatic carbocycles. The summed E-state index contributed by atoms with van der Waals surface area (Å²) in [7, 11) is 3.38. The molecule has 14 heteroatoms. The van der Waals surface area contributed by atoms with Crippen LogP contribution in [0.25, 0.3) is 0 Å². The molecule has 3 amide bonds. The highest BCUT2D eigenvalue weighted by Crippen LogP contribution is 2.36. The van der Waals surface area contributed by atoms with Gasteiger partial charge >= 0.3 is 0 Å². The van der Waals surface area contributed by atoms with Crippen LogP contribution in [0.2, 0.25) is 0 Å². The van der Waals surface area contributed by atoms with E-state index in [1.54, 1.807) is 14.1 Å². The SMILES string of the molecule is CC1=CC2=CNC(Nc3ccc(N4CCN(C5CCN(CCOc6ccc(C7CCC(=O)NC7=O)cc6)CC5)CC4)cn3)=NC2N1C1CCCC1.CN(C)C=O. The standard InChI is InChI=1S/C39H51N9O3.C3H7NO/c1-27-24-29-25-41-39(44-37(29)48(27)31-4-2-3-5-31)42-35-12-8-32(26-40-35)47-20-18-46(19-21-47)30-14-16-45(17-15-30)22-23-51-33-9-6-28(7-10-33)34-11-13-36(49)43-38(34)50;1-4(2)3-5/h6-10,12,24-26,30-31,34,37H,2-5,11,13-23H2,1H3,(H,43,49,50)(H2,40,41,42,44);3H,1-2H3. The number of imide groups is 1. The van der Waals surface area contributed by atoms with E-state index in [0.29, 0.717) is 31.5 Å². The molecular formula is C42H58N10O4. The number of likely N-dealkylation sites (tertiary alicyclic amines) is 1. The number of nitrogens with zero attached hydrogens (tertiary/aromatic N) is 7. The number of hydrogen-bond donors (Lipinski definition) is 3. The number of piperidine rings is 2. The zero-order valence-corrected chi connectivity index (χ0v) is 33.2. The van der Waals surface area contributed by atoms with E-state index >= 15 is 0 Å². The van der Waals surface area contributed by atoms with E-state index in [-0.39, 0.29) is 23.9 Å². The fourth-order valence-electron chi connectivity index (χ4n) is 8.77. The second kappa shape index (κ2) is 18.3. The van der Waals surface area contributed by atoms with Crippen molar-refractivity contribution in [2.24, 2.45) is 4.99 Å². The number of nitrogens with one attached hydrogen (secondary N) is 3. The van der Waals surface area contributed by atoms with Crippen molar-refractivity contribution in [1.82, 2.24) is 35.2 Å². The number of anilines is 2. The van der Waals surface area contributed by atoms with Crippen LogP contribution in [0.3, 0.4) is 0 Å². The maximum absolute atomic E-state index is 12.2. The molecule has 6 heterocycles. The van der Waals surface area contributed by atoms with Gasteiger partial charge in [-0.1, -0.05) is 25.0 Å². The fraction of sp³-hybridized carbons (Fsp3) is 0.548. The van der Waals surface area contributed by atoms with Crippen molar-refractivity contribution in [3.63, 3.8) is 0 Å². The highest BCUT2D eigenvalue weighted by Gasteiger charge is 2.36. The Hall–Kier alpha value is -4.95. The predicted molar refractivity (Wildman–Crippen MR) is 218 cm³/mol. The van der Waals surface area contributed by atoms with Gasteiger partial charge < -0.3 is 30.1 Å². The van der Waals surface area contributed by atoms with E-state index in [1.165, 1.54) is 60.4 Å². The van der Waals surface area contributed by atoms with Crippen molar-refractivity contribution in [2.75, 3.05) is 76.7 Å². The number of aromatic nitrogens is 1. The van der Waals surface area contributed by atoms with E-state index in [4.69, 9.17) is 14.7 Å². The summed E-state index contributed by atoms with van der Waals surface area (Å²) in [6.45, 7) is 10.1. The lowest BCUT2D eigenvalue weighted by Gasteiger charge is -2.43. The van der Waals surface area contributed by atoms with Gasteiger partial charge in [0.05, 0.1) is 17.8 Å². The third kappa shape index (κ3) is 9.70.